The van der Waals surface area contributed by atoms with Gasteiger partial charge in [0, 0.05) is 41.7 Å². The van der Waals surface area contributed by atoms with Crippen LogP contribution in [-0.4, -0.2) is 73.2 Å². The van der Waals surface area contributed by atoms with Crippen molar-refractivity contribution in [2.45, 2.75) is 77.6 Å². The molecule has 15 nitrogen and oxygen atoms in total. The molecule has 17 heteroatoms. The maximum absolute atomic E-state index is 13.0. The van der Waals surface area contributed by atoms with Crippen LogP contribution in [0.15, 0.2) is 76.5 Å². The molecule has 0 radical (unpaired) electrons. The first-order chi connectivity index (χ1) is 29.0. The Hall–Kier alpha value is -6.44. The zero-order chi connectivity index (χ0) is 41.9. The number of carbonyl (C=O) groups is 2. The highest BCUT2D eigenvalue weighted by Crippen LogP contribution is 2.39. The quantitative estimate of drug-likeness (QED) is 0.136. The number of hydrogen-bond acceptors (Lipinski definition) is 13. The third-order valence-electron chi connectivity index (χ3n) is 10.8. The van der Waals surface area contributed by atoms with Crippen LogP contribution in [0.2, 0.25) is 5.02 Å². The molecule has 5 heterocycles. The van der Waals surface area contributed by atoms with E-state index in [2.05, 4.69) is 54.4 Å². The van der Waals surface area contributed by atoms with Gasteiger partial charge < -0.3 is 24.7 Å². The Labute approximate surface area is 355 Å². The van der Waals surface area contributed by atoms with Gasteiger partial charge >= 0.3 is 0 Å². The molecule has 2 aliphatic rings. The number of aromatic nitrogens is 6. The van der Waals surface area contributed by atoms with Crippen molar-refractivity contribution in [3.63, 3.8) is 0 Å². The summed E-state index contributed by atoms with van der Waals surface area (Å²) in [6.45, 7) is 6.56. The van der Waals surface area contributed by atoms with Gasteiger partial charge in [0.15, 0.2) is 23.2 Å². The van der Waals surface area contributed by atoms with Crippen LogP contribution in [0.5, 0.6) is 5.75 Å². The zero-order valence-corrected chi connectivity index (χ0v) is 35.0. The van der Waals surface area contributed by atoms with Gasteiger partial charge in [-0.05, 0) is 81.8 Å². The van der Waals surface area contributed by atoms with Gasteiger partial charge in [0.25, 0.3) is 5.91 Å². The number of halogens is 1. The lowest BCUT2D eigenvalue weighted by molar-refractivity contribution is -0.119. The highest BCUT2D eigenvalue weighted by molar-refractivity contribution is 7.15. The normalized spacial score (nSPS) is 17.1. The minimum atomic E-state index is -0.367. The van der Waals surface area contributed by atoms with Gasteiger partial charge in [-0.25, -0.2) is 4.98 Å². The van der Waals surface area contributed by atoms with Crippen molar-refractivity contribution < 1.29 is 18.7 Å². The fourth-order valence-electron chi connectivity index (χ4n) is 7.46. The molecule has 8 rings (SSSR count). The van der Waals surface area contributed by atoms with Crippen LogP contribution in [0, 0.1) is 32.1 Å². The van der Waals surface area contributed by atoms with Crippen molar-refractivity contribution in [3.8, 4) is 16.8 Å². The number of fused-ring (bicyclic) bond motifs is 3. The molecule has 60 heavy (non-hydrogen) atoms. The Morgan fingerprint density at radius 2 is 1.83 bits per heavy atom. The number of aliphatic imine (C=N–C) groups is 1. The molecule has 1 saturated carbocycles. The number of nitrogens with one attached hydrogen (secondary N) is 2. The molecular formula is C43H42ClN11O4S. The summed E-state index contributed by atoms with van der Waals surface area (Å²) in [5.41, 5.74) is 5.54. The van der Waals surface area contributed by atoms with E-state index in [4.69, 9.17) is 31.0 Å². The number of thiophene rings is 1. The zero-order valence-electron chi connectivity index (χ0n) is 33.5. The Morgan fingerprint density at radius 3 is 2.53 bits per heavy atom. The SMILES string of the molecule is Cc1sc2c(c1C)C(c1ccc(CNC(=O)CN(C)c3ccc(C(=O)NC4CCC(Oc5ccc(C#N)c(Cl)c5)CC4)nn3)cc1)=N[C@@H](Cc1ncco1)c1nnc(C)n1-2. The van der Waals surface area contributed by atoms with E-state index in [-0.39, 0.29) is 42.2 Å². The molecular weight excluding hydrogens is 802 g/mol. The first kappa shape index (κ1) is 40.3. The Balaban J connectivity index is 0.842. The van der Waals surface area contributed by atoms with Gasteiger partial charge in [-0.3, -0.25) is 19.1 Å². The van der Waals surface area contributed by atoms with Crippen molar-refractivity contribution in [1.29, 1.82) is 5.26 Å². The van der Waals surface area contributed by atoms with Gasteiger partial charge in [-0.2, -0.15) is 5.26 Å². The Kier molecular flexibility index (Phi) is 11.7. The number of nitrogens with zero attached hydrogens (tertiary/aromatic N) is 9. The van der Waals surface area contributed by atoms with E-state index < -0.39 is 0 Å². The van der Waals surface area contributed by atoms with Crippen molar-refractivity contribution in [3.05, 3.63) is 128 Å². The van der Waals surface area contributed by atoms with E-state index in [1.54, 1.807) is 66.1 Å². The molecule has 0 unspecified atom stereocenters. The molecule has 1 fully saturated rings. The largest absolute Gasteiger partial charge is 0.490 e. The van der Waals surface area contributed by atoms with E-state index in [9.17, 15) is 9.59 Å². The molecule has 0 saturated heterocycles. The average Bonchev–Trinajstić information content (AvgIpc) is 3.96. The van der Waals surface area contributed by atoms with Gasteiger partial charge in [0.1, 0.15) is 34.9 Å². The van der Waals surface area contributed by atoms with Gasteiger partial charge in [0.2, 0.25) is 5.91 Å². The maximum Gasteiger partial charge on any atom is 0.272 e. The molecule has 2 N–H and O–H groups in total. The van der Waals surface area contributed by atoms with Gasteiger partial charge in [0.05, 0.1) is 41.6 Å². The van der Waals surface area contributed by atoms with E-state index in [1.165, 1.54) is 4.88 Å². The average molecular weight is 844 g/mol. The van der Waals surface area contributed by atoms with E-state index in [0.717, 1.165) is 70.3 Å². The molecule has 4 aromatic heterocycles. The fraction of sp³-hybridized carbons (Fsp3) is 0.326. The first-order valence-electron chi connectivity index (χ1n) is 19.6. The number of ether oxygens (including phenoxy) is 1. The number of carbonyl (C=O) groups excluding carboxylic acids is 2. The van der Waals surface area contributed by atoms with E-state index in [1.807, 2.05) is 37.3 Å². The summed E-state index contributed by atoms with van der Waals surface area (Å²) >= 11 is 7.85. The number of nitriles is 1. The van der Waals surface area contributed by atoms with E-state index >= 15 is 0 Å². The summed E-state index contributed by atoms with van der Waals surface area (Å²) in [4.78, 5) is 38.6. The van der Waals surface area contributed by atoms with Crippen LogP contribution >= 0.6 is 22.9 Å². The second kappa shape index (κ2) is 17.4. The summed E-state index contributed by atoms with van der Waals surface area (Å²) < 4.78 is 13.8. The van der Waals surface area contributed by atoms with Gasteiger partial charge in [-0.1, -0.05) is 35.9 Å². The Bertz CT molecular complexity index is 2590. The summed E-state index contributed by atoms with van der Waals surface area (Å²) in [5, 5.41) is 33.9. The van der Waals surface area contributed by atoms with Crippen LogP contribution < -0.4 is 20.3 Å². The number of hydrogen-bond donors (Lipinski definition) is 2. The maximum atomic E-state index is 13.0. The van der Waals surface area contributed by atoms with Crippen molar-refractivity contribution in [2.75, 3.05) is 18.5 Å². The smallest absolute Gasteiger partial charge is 0.272 e. The number of amides is 2. The van der Waals surface area contributed by atoms with Crippen LogP contribution in [0.25, 0.3) is 5.00 Å². The molecule has 1 aliphatic heterocycles. The molecule has 1 atom stereocenters. The second-order valence-corrected chi connectivity index (χ2v) is 16.6. The number of likely N-dealkylation sites (N-methyl/N-ethyl adjacent to an activating group) is 1. The summed E-state index contributed by atoms with van der Waals surface area (Å²) in [6, 6.07) is 18.1. The topological polar surface area (TPSA) is 189 Å². The van der Waals surface area contributed by atoms with Crippen LogP contribution in [-0.2, 0) is 17.8 Å². The summed E-state index contributed by atoms with van der Waals surface area (Å²) in [5.74, 6) is 2.69. The third-order valence-corrected chi connectivity index (χ3v) is 12.3. The fourth-order valence-corrected chi connectivity index (χ4v) is 8.89. The van der Waals surface area contributed by atoms with Crippen LogP contribution in [0.1, 0.15) is 92.4 Å². The molecule has 2 amide bonds. The minimum Gasteiger partial charge on any atom is -0.490 e. The van der Waals surface area contributed by atoms with Crippen molar-refractivity contribution in [1.82, 2.24) is 40.6 Å². The van der Waals surface area contributed by atoms with Gasteiger partial charge in [-0.15, -0.1) is 31.7 Å². The van der Waals surface area contributed by atoms with Crippen molar-refractivity contribution in [2.24, 2.45) is 4.99 Å². The molecule has 306 valence electrons. The third kappa shape index (κ3) is 8.63. The first-order valence-corrected chi connectivity index (χ1v) is 20.8. The van der Waals surface area contributed by atoms with E-state index in [0.29, 0.717) is 41.0 Å². The lowest BCUT2D eigenvalue weighted by atomic mass is 9.93. The molecule has 0 spiro atoms. The highest BCUT2D eigenvalue weighted by atomic mass is 35.5. The number of anilines is 1. The number of oxazole rings is 1. The standard InChI is InChI=1S/C43H42ClN11O4S/c1-24-25(2)60-43-39(24)40(49-35(20-38-46-17-18-58-38)41-53-50-26(3)55(41)43)28-7-5-27(6-8-28)22-47-37(56)23-54(4)36-16-15-34(51-52-36)42(57)48-30-10-13-31(14-11-30)59-32-12-9-29(21-45)33(44)19-32/h5-9,12,15-19,30-31,35H,10-11,13-14,20,22-23H2,1-4H3,(H,47,56)(H,48,57)/t30?,31?,35-/m0/s1. The van der Waals surface area contributed by atoms with Crippen LogP contribution in [0.4, 0.5) is 5.82 Å². The van der Waals surface area contributed by atoms with Crippen molar-refractivity contribution >= 4 is 46.3 Å². The predicted octanol–water partition coefficient (Wildman–Crippen LogP) is 6.56. The predicted molar refractivity (Wildman–Crippen MR) is 226 cm³/mol. The summed E-state index contributed by atoms with van der Waals surface area (Å²) in [6.07, 6.45) is 6.63. The monoisotopic (exact) mass is 843 g/mol. The Morgan fingerprint density at radius 1 is 1.03 bits per heavy atom. The minimum absolute atomic E-state index is 0.00786. The van der Waals surface area contributed by atoms with Crippen LogP contribution in [0.3, 0.4) is 0 Å². The second-order valence-electron chi connectivity index (χ2n) is 15.0. The summed E-state index contributed by atoms with van der Waals surface area (Å²) in [7, 11) is 1.75. The number of aryl methyl sites for hydroxylation is 2. The molecule has 1 aliphatic carbocycles. The lowest BCUT2D eigenvalue weighted by Crippen LogP contribution is -2.40. The highest BCUT2D eigenvalue weighted by Gasteiger charge is 2.32. The molecule has 0 bridgehead atoms. The number of benzene rings is 2. The number of rotatable bonds is 12. The molecule has 2 aromatic carbocycles. The molecule has 6 aromatic rings. The lowest BCUT2D eigenvalue weighted by Gasteiger charge is -2.29.